The van der Waals surface area contributed by atoms with Crippen LogP contribution in [0.5, 0.6) is 0 Å². The third-order valence-electron chi connectivity index (χ3n) is 4.82. The molecule has 3 rings (SSSR count). The maximum Gasteiger partial charge on any atom is 0.240 e. The number of rotatable bonds is 6. The van der Waals surface area contributed by atoms with Crippen molar-refractivity contribution in [2.24, 2.45) is 5.41 Å². The zero-order valence-electron chi connectivity index (χ0n) is 14.9. The normalized spacial score (nSPS) is 15.6. The zero-order valence-corrected chi connectivity index (χ0v) is 14.9. The van der Waals surface area contributed by atoms with E-state index in [2.05, 4.69) is 10.6 Å². The first-order chi connectivity index (χ1) is 12.4. The summed E-state index contributed by atoms with van der Waals surface area (Å²) in [6.07, 6.45) is 1.08. The molecule has 0 spiro atoms. The SMILES string of the molecule is CC(=O)c1ccc(NC(=O)C2(C(=O)NC(C)c3ccccc3)CC2)cc1. The highest BCUT2D eigenvalue weighted by molar-refractivity contribution is 6.13. The highest BCUT2D eigenvalue weighted by Gasteiger charge is 2.56. The topological polar surface area (TPSA) is 75.3 Å². The van der Waals surface area contributed by atoms with E-state index in [9.17, 15) is 14.4 Å². The molecular formula is C21H22N2O3. The third kappa shape index (κ3) is 3.67. The van der Waals surface area contributed by atoms with Crippen molar-refractivity contribution in [2.75, 3.05) is 5.32 Å². The summed E-state index contributed by atoms with van der Waals surface area (Å²) >= 11 is 0. The fraction of sp³-hybridized carbons (Fsp3) is 0.286. The summed E-state index contributed by atoms with van der Waals surface area (Å²) in [6, 6.07) is 16.2. The maximum atomic E-state index is 12.7. The Bertz CT molecular complexity index is 824. The summed E-state index contributed by atoms with van der Waals surface area (Å²) in [7, 11) is 0. The van der Waals surface area contributed by atoms with Gasteiger partial charge in [-0.25, -0.2) is 0 Å². The summed E-state index contributed by atoms with van der Waals surface area (Å²) in [5.74, 6) is -0.576. The second-order valence-electron chi connectivity index (χ2n) is 6.78. The van der Waals surface area contributed by atoms with Crippen LogP contribution >= 0.6 is 0 Å². The van der Waals surface area contributed by atoms with Crippen LogP contribution in [0.2, 0.25) is 0 Å². The summed E-state index contributed by atoms with van der Waals surface area (Å²) in [4.78, 5) is 36.6. The van der Waals surface area contributed by atoms with E-state index in [1.165, 1.54) is 6.92 Å². The molecule has 1 fully saturated rings. The van der Waals surface area contributed by atoms with Crippen LogP contribution in [0.25, 0.3) is 0 Å². The molecule has 2 aromatic rings. The van der Waals surface area contributed by atoms with Gasteiger partial charge >= 0.3 is 0 Å². The minimum atomic E-state index is -0.998. The van der Waals surface area contributed by atoms with E-state index in [4.69, 9.17) is 0 Å². The molecule has 0 aromatic heterocycles. The van der Waals surface area contributed by atoms with Gasteiger partial charge in [-0.2, -0.15) is 0 Å². The van der Waals surface area contributed by atoms with E-state index in [0.29, 0.717) is 24.1 Å². The van der Waals surface area contributed by atoms with E-state index in [1.807, 2.05) is 37.3 Å². The number of amides is 2. The van der Waals surface area contributed by atoms with Crippen molar-refractivity contribution in [3.63, 3.8) is 0 Å². The molecule has 26 heavy (non-hydrogen) atoms. The van der Waals surface area contributed by atoms with Gasteiger partial charge in [0, 0.05) is 11.3 Å². The lowest BCUT2D eigenvalue weighted by Crippen LogP contribution is -2.41. The molecular weight excluding hydrogens is 328 g/mol. The molecule has 2 amide bonds. The van der Waals surface area contributed by atoms with Crippen LogP contribution in [-0.4, -0.2) is 17.6 Å². The predicted octanol–water partition coefficient (Wildman–Crippen LogP) is 3.49. The summed E-state index contributed by atoms with van der Waals surface area (Å²) in [6.45, 7) is 3.40. The van der Waals surface area contributed by atoms with Crippen molar-refractivity contribution in [2.45, 2.75) is 32.7 Å². The Hall–Kier alpha value is -2.95. The van der Waals surface area contributed by atoms with Gasteiger partial charge in [0.1, 0.15) is 5.41 Å². The van der Waals surface area contributed by atoms with Crippen LogP contribution in [-0.2, 0) is 9.59 Å². The molecule has 0 aliphatic heterocycles. The molecule has 5 heteroatoms. The fourth-order valence-electron chi connectivity index (χ4n) is 2.88. The Labute approximate surface area is 152 Å². The van der Waals surface area contributed by atoms with E-state index in [0.717, 1.165) is 5.56 Å². The van der Waals surface area contributed by atoms with Gasteiger partial charge in [0.2, 0.25) is 11.8 Å². The van der Waals surface area contributed by atoms with Gasteiger partial charge in [0.25, 0.3) is 0 Å². The molecule has 1 aliphatic rings. The van der Waals surface area contributed by atoms with Gasteiger partial charge in [0.15, 0.2) is 5.78 Å². The molecule has 0 saturated heterocycles. The summed E-state index contributed by atoms with van der Waals surface area (Å²) in [5, 5.41) is 5.74. The molecule has 2 N–H and O–H groups in total. The molecule has 0 bridgehead atoms. The predicted molar refractivity (Wildman–Crippen MR) is 99.7 cm³/mol. The Morgan fingerprint density at radius 3 is 2.08 bits per heavy atom. The average Bonchev–Trinajstić information content (AvgIpc) is 3.45. The zero-order chi connectivity index (χ0) is 18.7. The lowest BCUT2D eigenvalue weighted by Gasteiger charge is -2.19. The second-order valence-corrected chi connectivity index (χ2v) is 6.78. The first-order valence-electron chi connectivity index (χ1n) is 8.71. The van der Waals surface area contributed by atoms with Crippen molar-refractivity contribution in [3.8, 4) is 0 Å². The van der Waals surface area contributed by atoms with Gasteiger partial charge in [-0.1, -0.05) is 30.3 Å². The third-order valence-corrected chi connectivity index (χ3v) is 4.82. The van der Waals surface area contributed by atoms with E-state index in [-0.39, 0.29) is 23.6 Å². The Morgan fingerprint density at radius 1 is 0.923 bits per heavy atom. The van der Waals surface area contributed by atoms with Crippen LogP contribution in [0.4, 0.5) is 5.69 Å². The molecule has 0 radical (unpaired) electrons. The highest BCUT2D eigenvalue weighted by atomic mass is 16.2. The summed E-state index contributed by atoms with van der Waals surface area (Å²) < 4.78 is 0. The average molecular weight is 350 g/mol. The molecule has 134 valence electrons. The number of carbonyl (C=O) groups excluding carboxylic acids is 3. The monoisotopic (exact) mass is 350 g/mol. The number of hydrogen-bond acceptors (Lipinski definition) is 3. The molecule has 0 heterocycles. The van der Waals surface area contributed by atoms with Gasteiger partial charge in [-0.05, 0) is 56.5 Å². The maximum absolute atomic E-state index is 12.7. The van der Waals surface area contributed by atoms with Gasteiger partial charge in [-0.15, -0.1) is 0 Å². The molecule has 5 nitrogen and oxygen atoms in total. The van der Waals surface area contributed by atoms with Crippen LogP contribution in [0.1, 0.15) is 48.7 Å². The molecule has 1 aliphatic carbocycles. The Morgan fingerprint density at radius 2 is 1.54 bits per heavy atom. The highest BCUT2D eigenvalue weighted by Crippen LogP contribution is 2.47. The van der Waals surface area contributed by atoms with E-state index >= 15 is 0 Å². The largest absolute Gasteiger partial charge is 0.349 e. The van der Waals surface area contributed by atoms with Gasteiger partial charge < -0.3 is 10.6 Å². The molecule has 1 unspecified atom stereocenters. The van der Waals surface area contributed by atoms with Crippen LogP contribution in [0.3, 0.4) is 0 Å². The van der Waals surface area contributed by atoms with Crippen molar-refractivity contribution in [1.82, 2.24) is 5.32 Å². The van der Waals surface area contributed by atoms with Crippen LogP contribution < -0.4 is 10.6 Å². The number of ketones is 1. The molecule has 2 aromatic carbocycles. The second kappa shape index (κ2) is 7.12. The number of nitrogens with one attached hydrogen (secondary N) is 2. The minimum Gasteiger partial charge on any atom is -0.349 e. The van der Waals surface area contributed by atoms with Crippen LogP contribution in [0, 0.1) is 5.41 Å². The van der Waals surface area contributed by atoms with E-state index in [1.54, 1.807) is 24.3 Å². The Kier molecular flexibility index (Phi) is 4.89. The van der Waals surface area contributed by atoms with Gasteiger partial charge in [-0.3, -0.25) is 14.4 Å². The standard InChI is InChI=1S/C21H22N2O3/c1-14(16-6-4-3-5-7-16)22-19(25)21(12-13-21)20(26)23-18-10-8-17(9-11-18)15(2)24/h3-11,14H,12-13H2,1-2H3,(H,22,25)(H,23,26). The van der Waals surface area contributed by atoms with Crippen molar-refractivity contribution < 1.29 is 14.4 Å². The first kappa shape index (κ1) is 17.9. The molecule has 1 saturated carbocycles. The number of hydrogen-bond donors (Lipinski definition) is 2. The smallest absolute Gasteiger partial charge is 0.240 e. The molecule has 1 atom stereocenters. The lowest BCUT2D eigenvalue weighted by molar-refractivity contribution is -0.134. The first-order valence-corrected chi connectivity index (χ1v) is 8.71. The van der Waals surface area contributed by atoms with Gasteiger partial charge in [0.05, 0.1) is 6.04 Å². The van der Waals surface area contributed by atoms with Crippen molar-refractivity contribution in [1.29, 1.82) is 0 Å². The minimum absolute atomic E-state index is 0.0317. The van der Waals surface area contributed by atoms with Crippen LogP contribution in [0.15, 0.2) is 54.6 Å². The number of Topliss-reactive ketones (excluding diaryl/α,β-unsaturated/α-hetero) is 1. The fourth-order valence-corrected chi connectivity index (χ4v) is 2.88. The van der Waals surface area contributed by atoms with E-state index < -0.39 is 5.41 Å². The quantitative estimate of drug-likeness (QED) is 0.619. The number of carbonyl (C=O) groups is 3. The number of benzene rings is 2. The Balaban J connectivity index is 1.64. The summed E-state index contributed by atoms with van der Waals surface area (Å²) in [5.41, 5.74) is 1.16. The van der Waals surface area contributed by atoms with Crippen molar-refractivity contribution in [3.05, 3.63) is 65.7 Å². The lowest BCUT2D eigenvalue weighted by atomic mass is 10.0. The van der Waals surface area contributed by atoms with Crippen molar-refractivity contribution >= 4 is 23.3 Å². The number of anilines is 1.